The van der Waals surface area contributed by atoms with Crippen LogP contribution >= 0.6 is 11.3 Å². The number of hydrogen-bond acceptors (Lipinski definition) is 4. The number of rotatable bonds is 6. The van der Waals surface area contributed by atoms with Crippen LogP contribution in [0.3, 0.4) is 0 Å². The summed E-state index contributed by atoms with van der Waals surface area (Å²) in [5.41, 5.74) is 3.20. The van der Waals surface area contributed by atoms with Crippen LogP contribution in [0.4, 0.5) is 0 Å². The molecule has 0 bridgehead atoms. The molecule has 0 spiro atoms. The lowest BCUT2D eigenvalue weighted by Crippen LogP contribution is -2.28. The summed E-state index contributed by atoms with van der Waals surface area (Å²) in [6.45, 7) is 6.69. The SMILES string of the molecule is Cc1ccc(C(C)C)cc1OCC(=O)NCc1nc2ccccc2s1. The number of benzene rings is 2. The maximum atomic E-state index is 12.1. The summed E-state index contributed by atoms with van der Waals surface area (Å²) >= 11 is 1.59. The molecule has 25 heavy (non-hydrogen) atoms. The molecule has 0 saturated heterocycles. The van der Waals surface area contributed by atoms with Gasteiger partial charge in [-0.2, -0.15) is 0 Å². The van der Waals surface area contributed by atoms with Gasteiger partial charge in [0.05, 0.1) is 16.8 Å². The summed E-state index contributed by atoms with van der Waals surface area (Å²) in [5.74, 6) is 1.05. The second-order valence-electron chi connectivity index (χ2n) is 6.32. The van der Waals surface area contributed by atoms with Gasteiger partial charge in [0.15, 0.2) is 6.61 Å². The molecule has 130 valence electrons. The number of carbonyl (C=O) groups excluding carboxylic acids is 1. The van der Waals surface area contributed by atoms with Crippen LogP contribution < -0.4 is 10.1 Å². The van der Waals surface area contributed by atoms with Crippen molar-refractivity contribution < 1.29 is 9.53 Å². The number of amides is 1. The van der Waals surface area contributed by atoms with Crippen LogP contribution in [-0.2, 0) is 11.3 Å². The fraction of sp³-hybridized carbons (Fsp3) is 0.300. The first-order valence-electron chi connectivity index (χ1n) is 8.37. The van der Waals surface area contributed by atoms with Gasteiger partial charge in [0.25, 0.3) is 5.91 Å². The molecule has 0 unspecified atom stereocenters. The maximum absolute atomic E-state index is 12.1. The number of carbonyl (C=O) groups is 1. The molecule has 0 aliphatic rings. The number of para-hydroxylation sites is 1. The Morgan fingerprint density at radius 1 is 1.24 bits per heavy atom. The molecule has 3 rings (SSSR count). The summed E-state index contributed by atoms with van der Waals surface area (Å²) < 4.78 is 6.84. The van der Waals surface area contributed by atoms with E-state index in [4.69, 9.17) is 4.74 Å². The van der Waals surface area contributed by atoms with E-state index in [-0.39, 0.29) is 12.5 Å². The molecule has 4 nitrogen and oxygen atoms in total. The van der Waals surface area contributed by atoms with Crippen molar-refractivity contribution in [1.82, 2.24) is 10.3 Å². The Morgan fingerprint density at radius 2 is 2.04 bits per heavy atom. The minimum Gasteiger partial charge on any atom is -0.483 e. The summed E-state index contributed by atoms with van der Waals surface area (Å²) in [7, 11) is 0. The van der Waals surface area contributed by atoms with E-state index < -0.39 is 0 Å². The number of aryl methyl sites for hydroxylation is 1. The third-order valence-corrected chi connectivity index (χ3v) is 5.05. The zero-order chi connectivity index (χ0) is 17.8. The quantitative estimate of drug-likeness (QED) is 0.713. The molecule has 3 aromatic rings. The number of nitrogens with one attached hydrogen (secondary N) is 1. The molecule has 0 radical (unpaired) electrons. The molecule has 0 fully saturated rings. The first-order valence-corrected chi connectivity index (χ1v) is 9.19. The molecule has 0 saturated carbocycles. The number of fused-ring (bicyclic) bond motifs is 1. The highest BCUT2D eigenvalue weighted by Crippen LogP contribution is 2.24. The van der Waals surface area contributed by atoms with Crippen molar-refractivity contribution in [3.63, 3.8) is 0 Å². The van der Waals surface area contributed by atoms with Gasteiger partial charge >= 0.3 is 0 Å². The lowest BCUT2D eigenvalue weighted by molar-refractivity contribution is -0.123. The zero-order valence-electron chi connectivity index (χ0n) is 14.7. The molecule has 0 aliphatic carbocycles. The molecule has 1 aromatic heterocycles. The number of nitrogens with zero attached hydrogens (tertiary/aromatic N) is 1. The fourth-order valence-electron chi connectivity index (χ4n) is 2.50. The summed E-state index contributed by atoms with van der Waals surface area (Å²) in [5, 5.41) is 3.77. The lowest BCUT2D eigenvalue weighted by atomic mass is 10.0. The van der Waals surface area contributed by atoms with Crippen LogP contribution in [0.25, 0.3) is 10.2 Å². The van der Waals surface area contributed by atoms with Crippen molar-refractivity contribution in [3.8, 4) is 5.75 Å². The largest absolute Gasteiger partial charge is 0.483 e. The predicted molar refractivity (Wildman–Crippen MR) is 102 cm³/mol. The first kappa shape index (κ1) is 17.4. The smallest absolute Gasteiger partial charge is 0.258 e. The van der Waals surface area contributed by atoms with Crippen molar-refractivity contribution in [1.29, 1.82) is 0 Å². The van der Waals surface area contributed by atoms with E-state index in [1.807, 2.05) is 43.3 Å². The van der Waals surface area contributed by atoms with Gasteiger partial charge in [0.2, 0.25) is 0 Å². The Bertz CT molecular complexity index is 853. The van der Waals surface area contributed by atoms with Crippen molar-refractivity contribution in [2.75, 3.05) is 6.61 Å². The average Bonchev–Trinajstić information content (AvgIpc) is 3.02. The number of ether oxygens (including phenoxy) is 1. The second kappa shape index (κ2) is 7.66. The Hall–Kier alpha value is -2.40. The van der Waals surface area contributed by atoms with Gasteiger partial charge < -0.3 is 10.1 Å². The van der Waals surface area contributed by atoms with Crippen LogP contribution in [0.15, 0.2) is 42.5 Å². The highest BCUT2D eigenvalue weighted by molar-refractivity contribution is 7.18. The van der Waals surface area contributed by atoms with Crippen molar-refractivity contribution in [2.45, 2.75) is 33.2 Å². The minimum atomic E-state index is -0.145. The maximum Gasteiger partial charge on any atom is 0.258 e. The number of hydrogen-bond donors (Lipinski definition) is 1. The molecule has 1 amide bonds. The predicted octanol–water partition coefficient (Wildman–Crippen LogP) is 4.42. The molecule has 0 aliphatic heterocycles. The lowest BCUT2D eigenvalue weighted by Gasteiger charge is -2.12. The normalized spacial score (nSPS) is 11.0. The number of thiazole rings is 1. The molecular weight excluding hydrogens is 332 g/mol. The van der Waals surface area contributed by atoms with E-state index in [9.17, 15) is 4.79 Å². The van der Waals surface area contributed by atoms with Crippen LogP contribution in [-0.4, -0.2) is 17.5 Å². The molecule has 0 atom stereocenters. The highest BCUT2D eigenvalue weighted by atomic mass is 32.1. The zero-order valence-corrected chi connectivity index (χ0v) is 15.5. The molecule has 1 N–H and O–H groups in total. The number of aromatic nitrogens is 1. The van der Waals surface area contributed by atoms with E-state index in [0.29, 0.717) is 12.5 Å². The Balaban J connectivity index is 1.55. The minimum absolute atomic E-state index is 0.00723. The molecule has 2 aromatic carbocycles. The monoisotopic (exact) mass is 354 g/mol. The standard InChI is InChI=1S/C20H22N2O2S/c1-13(2)15-9-8-14(3)17(10-15)24-12-19(23)21-11-20-22-16-6-4-5-7-18(16)25-20/h4-10,13H,11-12H2,1-3H3,(H,21,23). The van der Waals surface area contributed by atoms with E-state index in [0.717, 1.165) is 26.5 Å². The molecule has 1 heterocycles. The van der Waals surface area contributed by atoms with Crippen LogP contribution in [0, 0.1) is 6.92 Å². The Morgan fingerprint density at radius 3 is 2.80 bits per heavy atom. The van der Waals surface area contributed by atoms with Gasteiger partial charge in [-0.25, -0.2) is 4.98 Å². The third kappa shape index (κ3) is 4.37. The molecular formula is C20H22N2O2S. The van der Waals surface area contributed by atoms with Crippen LogP contribution in [0.1, 0.15) is 35.9 Å². The average molecular weight is 354 g/mol. The summed E-state index contributed by atoms with van der Waals surface area (Å²) in [6, 6.07) is 14.1. The Kier molecular flexibility index (Phi) is 5.34. The van der Waals surface area contributed by atoms with Crippen molar-refractivity contribution in [2.24, 2.45) is 0 Å². The third-order valence-electron chi connectivity index (χ3n) is 4.01. The van der Waals surface area contributed by atoms with E-state index in [1.165, 1.54) is 5.56 Å². The van der Waals surface area contributed by atoms with Gasteiger partial charge in [0.1, 0.15) is 10.8 Å². The van der Waals surface area contributed by atoms with Gasteiger partial charge in [0, 0.05) is 0 Å². The van der Waals surface area contributed by atoms with Gasteiger partial charge in [-0.05, 0) is 42.2 Å². The van der Waals surface area contributed by atoms with Crippen LogP contribution in [0.5, 0.6) is 5.75 Å². The van der Waals surface area contributed by atoms with E-state index in [2.05, 4.69) is 30.2 Å². The van der Waals surface area contributed by atoms with Gasteiger partial charge in [-0.1, -0.05) is 38.1 Å². The topological polar surface area (TPSA) is 51.2 Å². The highest BCUT2D eigenvalue weighted by Gasteiger charge is 2.09. The first-order chi connectivity index (χ1) is 12.0. The van der Waals surface area contributed by atoms with Gasteiger partial charge in [-0.3, -0.25) is 4.79 Å². The van der Waals surface area contributed by atoms with Gasteiger partial charge in [-0.15, -0.1) is 11.3 Å². The fourth-order valence-corrected chi connectivity index (χ4v) is 3.40. The van der Waals surface area contributed by atoms with E-state index >= 15 is 0 Å². The molecule has 5 heteroatoms. The summed E-state index contributed by atoms with van der Waals surface area (Å²) in [4.78, 5) is 16.6. The van der Waals surface area contributed by atoms with Crippen LogP contribution in [0.2, 0.25) is 0 Å². The van der Waals surface area contributed by atoms with Crippen molar-refractivity contribution >= 4 is 27.5 Å². The van der Waals surface area contributed by atoms with Crippen molar-refractivity contribution in [3.05, 3.63) is 58.6 Å². The summed E-state index contributed by atoms with van der Waals surface area (Å²) in [6.07, 6.45) is 0. The Labute approximate surface area is 151 Å². The van der Waals surface area contributed by atoms with E-state index in [1.54, 1.807) is 11.3 Å². The second-order valence-corrected chi connectivity index (χ2v) is 7.44.